The van der Waals surface area contributed by atoms with E-state index in [0.29, 0.717) is 6.29 Å². The summed E-state index contributed by atoms with van der Waals surface area (Å²) in [5.74, 6) is -0.817. The molecule has 29 heavy (non-hydrogen) atoms. The third-order valence-electron chi connectivity index (χ3n) is 5.54. The lowest BCUT2D eigenvalue weighted by Gasteiger charge is -2.41. The van der Waals surface area contributed by atoms with Crippen molar-refractivity contribution in [3.8, 4) is 0 Å². The number of aldehydes is 1. The summed E-state index contributed by atoms with van der Waals surface area (Å²) >= 11 is 0. The maximum Gasteiger partial charge on any atom is 0.410 e. The van der Waals surface area contributed by atoms with Gasteiger partial charge in [-0.2, -0.15) is 0 Å². The molecule has 2 aliphatic rings. The van der Waals surface area contributed by atoms with Crippen LogP contribution in [0.2, 0.25) is 0 Å². The van der Waals surface area contributed by atoms with Crippen LogP contribution in [-0.2, 0) is 24.1 Å². The molecule has 8 nitrogen and oxygen atoms in total. The molecule has 2 heterocycles. The monoisotopic (exact) mass is 425 g/mol. The number of aryl methyl sites for hydroxylation is 1. The summed E-state index contributed by atoms with van der Waals surface area (Å²) in [5, 5.41) is 10.7. The van der Waals surface area contributed by atoms with Gasteiger partial charge in [-0.3, -0.25) is 4.90 Å². The van der Waals surface area contributed by atoms with Gasteiger partial charge in [0, 0.05) is 5.92 Å². The Morgan fingerprint density at radius 1 is 1.31 bits per heavy atom. The summed E-state index contributed by atoms with van der Waals surface area (Å²) in [6.07, 6.45) is -1.71. The molecule has 3 rings (SSSR count). The first-order chi connectivity index (χ1) is 13.4. The van der Waals surface area contributed by atoms with E-state index in [4.69, 9.17) is 9.47 Å². The van der Waals surface area contributed by atoms with Crippen LogP contribution < -0.4 is 0 Å². The Balaban J connectivity index is 2.11. The van der Waals surface area contributed by atoms with E-state index < -0.39 is 51.1 Å². The van der Waals surface area contributed by atoms with Gasteiger partial charge in [0.05, 0.1) is 24.1 Å². The van der Waals surface area contributed by atoms with E-state index in [1.807, 2.05) is 6.92 Å². The lowest BCUT2D eigenvalue weighted by Crippen LogP contribution is -2.59. The fourth-order valence-electron chi connectivity index (χ4n) is 4.15. The first-order valence-corrected chi connectivity index (χ1v) is 11.0. The topological polar surface area (TPSA) is 110 Å². The Labute approximate surface area is 170 Å². The molecule has 1 aromatic rings. The molecule has 4 atom stereocenters. The van der Waals surface area contributed by atoms with Crippen LogP contribution in [0.3, 0.4) is 0 Å². The van der Waals surface area contributed by atoms with Gasteiger partial charge in [0.2, 0.25) is 0 Å². The van der Waals surface area contributed by atoms with Crippen molar-refractivity contribution >= 4 is 22.2 Å². The van der Waals surface area contributed by atoms with Crippen LogP contribution in [0.4, 0.5) is 4.79 Å². The Morgan fingerprint density at radius 2 is 1.93 bits per heavy atom. The van der Waals surface area contributed by atoms with Gasteiger partial charge in [-0.05, 0) is 46.2 Å². The molecule has 1 N–H and O–H groups in total. The average molecular weight is 426 g/mol. The van der Waals surface area contributed by atoms with Crippen molar-refractivity contribution < 1.29 is 32.6 Å². The van der Waals surface area contributed by atoms with Crippen LogP contribution in [0.5, 0.6) is 0 Å². The van der Waals surface area contributed by atoms with Gasteiger partial charge in [0.25, 0.3) is 0 Å². The van der Waals surface area contributed by atoms with Crippen LogP contribution in [-0.4, -0.2) is 66.6 Å². The molecule has 1 amide bonds. The lowest BCUT2D eigenvalue weighted by atomic mass is 9.85. The largest absolute Gasteiger partial charge is 0.444 e. The zero-order chi connectivity index (χ0) is 21.6. The molecule has 9 heteroatoms. The van der Waals surface area contributed by atoms with Crippen LogP contribution in [0, 0.1) is 12.8 Å². The summed E-state index contributed by atoms with van der Waals surface area (Å²) in [6.45, 7) is 6.57. The molecule has 2 saturated heterocycles. The van der Waals surface area contributed by atoms with Crippen molar-refractivity contribution in [3.05, 3.63) is 29.8 Å². The number of aliphatic hydroxyl groups excluding tert-OH is 1. The number of carbonyl (C=O) groups excluding carboxylic acids is 2. The number of amides is 1. The Bertz CT molecular complexity index is 890. The van der Waals surface area contributed by atoms with E-state index in [1.165, 1.54) is 12.1 Å². The predicted octanol–water partition coefficient (Wildman–Crippen LogP) is 1.68. The number of benzene rings is 1. The zero-order valence-electron chi connectivity index (χ0n) is 17.0. The minimum Gasteiger partial charge on any atom is -0.444 e. The number of sulfone groups is 1. The lowest BCUT2D eigenvalue weighted by molar-refractivity contribution is -0.157. The summed E-state index contributed by atoms with van der Waals surface area (Å²) in [4.78, 5) is 25.8. The van der Waals surface area contributed by atoms with Crippen LogP contribution in [0.1, 0.15) is 32.8 Å². The number of rotatable bonds is 3. The van der Waals surface area contributed by atoms with Crippen LogP contribution in [0.15, 0.2) is 29.2 Å². The maximum absolute atomic E-state index is 13.7. The first kappa shape index (κ1) is 21.7. The highest BCUT2D eigenvalue weighted by molar-refractivity contribution is 7.93. The molecule has 0 aliphatic carbocycles. The Kier molecular flexibility index (Phi) is 5.53. The second kappa shape index (κ2) is 7.37. The third kappa shape index (κ3) is 3.55. The van der Waals surface area contributed by atoms with Crippen LogP contribution in [0.25, 0.3) is 0 Å². The third-order valence-corrected chi connectivity index (χ3v) is 8.07. The summed E-state index contributed by atoms with van der Waals surface area (Å²) in [5.41, 5.74) is 0.0575. The Hall–Kier alpha value is -1.97. The highest BCUT2D eigenvalue weighted by Gasteiger charge is 2.67. The summed E-state index contributed by atoms with van der Waals surface area (Å²) < 4.78 is 36.2. The van der Waals surface area contributed by atoms with Gasteiger partial charge >= 0.3 is 6.09 Å². The van der Waals surface area contributed by atoms with Crippen molar-refractivity contribution in [2.75, 3.05) is 13.2 Å². The number of aliphatic hydroxyl groups is 1. The van der Waals surface area contributed by atoms with Gasteiger partial charge in [0.15, 0.2) is 16.1 Å². The van der Waals surface area contributed by atoms with E-state index in [-0.39, 0.29) is 17.9 Å². The minimum atomic E-state index is -4.16. The maximum atomic E-state index is 13.7. The summed E-state index contributed by atoms with van der Waals surface area (Å²) in [6, 6.07) is 5.20. The van der Waals surface area contributed by atoms with Crippen molar-refractivity contribution in [2.24, 2.45) is 5.92 Å². The van der Waals surface area contributed by atoms with E-state index in [2.05, 4.69) is 0 Å². The number of hydrogen-bond donors (Lipinski definition) is 1. The molecule has 1 unspecified atom stereocenters. The number of nitrogens with zero attached hydrogens (tertiary/aromatic N) is 1. The molecule has 2 fully saturated rings. The fraction of sp³-hybridized carbons (Fsp3) is 0.600. The van der Waals surface area contributed by atoms with Crippen LogP contribution >= 0.6 is 0 Å². The van der Waals surface area contributed by atoms with Gasteiger partial charge in [-0.1, -0.05) is 17.7 Å². The SMILES string of the molecule is Cc1ccc(S(=O)(=O)[C@@]23CN(C(=O)OC(C)(C)C)[C@H](C=O)[C@H]2CCOC3O)cc1. The second-order valence-electron chi connectivity index (χ2n) is 8.62. The Morgan fingerprint density at radius 3 is 2.48 bits per heavy atom. The van der Waals surface area contributed by atoms with Crippen molar-refractivity contribution in [3.63, 3.8) is 0 Å². The molecule has 0 bridgehead atoms. The van der Waals surface area contributed by atoms with Crippen molar-refractivity contribution in [2.45, 2.75) is 61.7 Å². The summed E-state index contributed by atoms with van der Waals surface area (Å²) in [7, 11) is -4.16. The second-order valence-corrected chi connectivity index (χ2v) is 10.9. The zero-order valence-corrected chi connectivity index (χ0v) is 17.8. The van der Waals surface area contributed by atoms with Gasteiger partial charge in [0.1, 0.15) is 16.6 Å². The van der Waals surface area contributed by atoms with E-state index in [0.717, 1.165) is 10.5 Å². The van der Waals surface area contributed by atoms with E-state index in [9.17, 15) is 23.1 Å². The number of carbonyl (C=O) groups is 2. The van der Waals surface area contributed by atoms with Gasteiger partial charge < -0.3 is 19.4 Å². The fourth-order valence-corrected chi connectivity index (χ4v) is 6.38. The highest BCUT2D eigenvalue weighted by atomic mass is 32.2. The predicted molar refractivity (Wildman–Crippen MR) is 104 cm³/mol. The minimum absolute atomic E-state index is 0.00772. The molecular formula is C20H27NO7S. The highest BCUT2D eigenvalue weighted by Crippen LogP contribution is 2.48. The van der Waals surface area contributed by atoms with E-state index in [1.54, 1.807) is 32.9 Å². The standard InChI is InChI=1S/C20H27NO7S/c1-13-5-7-14(8-6-13)29(25,26)20-12-21(18(24)28-19(2,3)4)16(11-22)15(20)9-10-27-17(20)23/h5-8,11,15-17,23H,9-10,12H2,1-4H3/t15-,16-,17?,20+/m1/s1. The van der Waals surface area contributed by atoms with Crippen molar-refractivity contribution in [1.29, 1.82) is 0 Å². The normalized spacial score (nSPS) is 30.0. The average Bonchev–Trinajstić information content (AvgIpc) is 2.98. The van der Waals surface area contributed by atoms with E-state index >= 15 is 0 Å². The molecule has 160 valence electrons. The quantitative estimate of drug-likeness (QED) is 0.734. The number of fused-ring (bicyclic) bond motifs is 1. The smallest absolute Gasteiger partial charge is 0.410 e. The molecule has 0 radical (unpaired) electrons. The first-order valence-electron chi connectivity index (χ1n) is 9.50. The molecule has 0 saturated carbocycles. The molecule has 2 aliphatic heterocycles. The van der Waals surface area contributed by atoms with Gasteiger partial charge in [-0.15, -0.1) is 0 Å². The molecule has 0 aromatic heterocycles. The number of hydrogen-bond acceptors (Lipinski definition) is 7. The number of ether oxygens (including phenoxy) is 2. The molecule has 1 aromatic carbocycles. The van der Waals surface area contributed by atoms with Crippen molar-refractivity contribution in [1.82, 2.24) is 4.90 Å². The number of likely N-dealkylation sites (tertiary alicyclic amines) is 1. The molecule has 0 spiro atoms. The molecular weight excluding hydrogens is 398 g/mol. The van der Waals surface area contributed by atoms with Gasteiger partial charge in [-0.25, -0.2) is 13.2 Å².